The second kappa shape index (κ2) is 9.41. The quantitative estimate of drug-likeness (QED) is 0.466. The summed E-state index contributed by atoms with van der Waals surface area (Å²) in [7, 11) is 3.18. The number of anilines is 1. The summed E-state index contributed by atoms with van der Waals surface area (Å²) in [4.78, 5) is 29.2. The van der Waals surface area contributed by atoms with Crippen molar-refractivity contribution >= 4 is 17.4 Å². The third kappa shape index (κ3) is 4.34. The average molecular weight is 468 g/mol. The zero-order valence-electron chi connectivity index (χ0n) is 20.3. The van der Waals surface area contributed by atoms with Crippen molar-refractivity contribution in [1.82, 2.24) is 0 Å². The number of allylic oxidation sites excluding steroid dienone is 2. The molecule has 0 N–H and O–H groups in total. The van der Waals surface area contributed by atoms with Crippen molar-refractivity contribution in [3.63, 3.8) is 0 Å². The molecule has 1 aliphatic heterocycles. The van der Waals surface area contributed by atoms with Crippen LogP contribution >= 0.6 is 0 Å². The molecular weight excluding hydrogens is 438 g/mol. The van der Waals surface area contributed by atoms with Crippen molar-refractivity contribution in [2.45, 2.75) is 38.0 Å². The van der Waals surface area contributed by atoms with Gasteiger partial charge in [0, 0.05) is 48.2 Å². The van der Waals surface area contributed by atoms with Crippen molar-refractivity contribution in [3.8, 4) is 11.5 Å². The molecule has 5 heteroatoms. The largest absolute Gasteiger partial charge is 0.497 e. The number of ether oxygens (including phenoxy) is 2. The molecule has 2 atom stereocenters. The van der Waals surface area contributed by atoms with Crippen LogP contribution in [-0.4, -0.2) is 25.9 Å². The number of hydrogen-bond donors (Lipinski definition) is 0. The molecular formula is C30H29NO4. The van der Waals surface area contributed by atoms with E-state index in [0.29, 0.717) is 30.0 Å². The summed E-state index contributed by atoms with van der Waals surface area (Å²) in [5, 5.41) is 0. The van der Waals surface area contributed by atoms with Crippen LogP contribution in [0.2, 0.25) is 0 Å². The maximum Gasteiger partial charge on any atom is 0.232 e. The van der Waals surface area contributed by atoms with Crippen molar-refractivity contribution in [1.29, 1.82) is 0 Å². The average Bonchev–Trinajstić information content (AvgIpc) is 2.88. The van der Waals surface area contributed by atoms with E-state index in [1.165, 1.54) is 0 Å². The number of nitrogens with zero attached hydrogens (tertiary/aromatic N) is 1. The molecule has 5 nitrogen and oxygen atoms in total. The van der Waals surface area contributed by atoms with Gasteiger partial charge in [0.15, 0.2) is 5.78 Å². The van der Waals surface area contributed by atoms with Crippen LogP contribution < -0.4 is 14.4 Å². The van der Waals surface area contributed by atoms with E-state index < -0.39 is 0 Å². The first-order valence-electron chi connectivity index (χ1n) is 11.9. The van der Waals surface area contributed by atoms with Crippen LogP contribution in [0.15, 0.2) is 84.1 Å². The van der Waals surface area contributed by atoms with Gasteiger partial charge in [0.25, 0.3) is 0 Å². The summed E-state index contributed by atoms with van der Waals surface area (Å²) in [6.45, 7) is 2.04. The molecule has 1 heterocycles. The van der Waals surface area contributed by atoms with E-state index in [1.54, 1.807) is 25.2 Å². The Labute approximate surface area is 206 Å². The highest BCUT2D eigenvalue weighted by Crippen LogP contribution is 2.47. The normalized spacial score (nSPS) is 20.0. The lowest BCUT2D eigenvalue weighted by Gasteiger charge is -2.40. The van der Waals surface area contributed by atoms with Crippen LogP contribution in [0.25, 0.3) is 0 Å². The monoisotopic (exact) mass is 467 g/mol. The molecule has 5 rings (SSSR count). The number of ketones is 1. The number of aryl methyl sites for hydroxylation is 1. The van der Waals surface area contributed by atoms with E-state index >= 15 is 0 Å². The predicted octanol–water partition coefficient (Wildman–Crippen LogP) is 5.93. The van der Waals surface area contributed by atoms with Crippen LogP contribution in [0.3, 0.4) is 0 Å². The molecule has 0 spiro atoms. The van der Waals surface area contributed by atoms with Gasteiger partial charge in [0.2, 0.25) is 5.91 Å². The van der Waals surface area contributed by atoms with Crippen molar-refractivity contribution in [2.75, 3.05) is 19.1 Å². The molecule has 178 valence electrons. The number of hydrogen-bond acceptors (Lipinski definition) is 4. The van der Waals surface area contributed by atoms with Gasteiger partial charge >= 0.3 is 0 Å². The van der Waals surface area contributed by atoms with Crippen molar-refractivity contribution in [2.24, 2.45) is 0 Å². The summed E-state index contributed by atoms with van der Waals surface area (Å²) in [6.07, 6.45) is 1.29. The lowest BCUT2D eigenvalue weighted by atomic mass is 9.72. The number of carbonyl (C=O) groups is 2. The molecule has 0 saturated carbocycles. The summed E-state index contributed by atoms with van der Waals surface area (Å²) < 4.78 is 10.9. The van der Waals surface area contributed by atoms with Gasteiger partial charge in [-0.25, -0.2) is 0 Å². The topological polar surface area (TPSA) is 55.8 Å². The Morgan fingerprint density at radius 3 is 2.06 bits per heavy atom. The Bertz CT molecular complexity index is 1270. The number of Topliss-reactive ketones (excluding diaryl/α,β-unsaturated/α-hetero) is 1. The van der Waals surface area contributed by atoms with E-state index in [1.807, 2.05) is 61.5 Å². The van der Waals surface area contributed by atoms with Gasteiger partial charge in [-0.2, -0.15) is 0 Å². The summed E-state index contributed by atoms with van der Waals surface area (Å²) in [6, 6.07) is 23.7. The number of carbonyl (C=O) groups excluding carboxylic acids is 2. The highest BCUT2D eigenvalue weighted by Gasteiger charge is 2.42. The van der Waals surface area contributed by atoms with Crippen LogP contribution in [0, 0.1) is 6.92 Å². The maximum absolute atomic E-state index is 13.7. The van der Waals surface area contributed by atoms with E-state index in [0.717, 1.165) is 28.0 Å². The smallest absolute Gasteiger partial charge is 0.232 e. The first-order chi connectivity index (χ1) is 17.0. The molecule has 0 radical (unpaired) electrons. The van der Waals surface area contributed by atoms with E-state index in [4.69, 9.17) is 9.47 Å². The third-order valence-electron chi connectivity index (χ3n) is 7.07. The van der Waals surface area contributed by atoms with Crippen LogP contribution in [0.5, 0.6) is 11.5 Å². The predicted molar refractivity (Wildman–Crippen MR) is 136 cm³/mol. The zero-order chi connectivity index (χ0) is 24.5. The Morgan fingerprint density at radius 1 is 0.771 bits per heavy atom. The van der Waals surface area contributed by atoms with E-state index in [2.05, 4.69) is 12.1 Å². The van der Waals surface area contributed by atoms with Crippen molar-refractivity contribution < 1.29 is 19.1 Å². The number of methoxy groups -OCH3 is 2. The minimum absolute atomic E-state index is 0.0158. The molecule has 0 saturated heterocycles. The Kier molecular flexibility index (Phi) is 6.16. The minimum Gasteiger partial charge on any atom is -0.497 e. The summed E-state index contributed by atoms with van der Waals surface area (Å²) in [5.41, 5.74) is 5.46. The molecule has 0 aromatic heterocycles. The third-order valence-corrected chi connectivity index (χ3v) is 7.07. The highest BCUT2D eigenvalue weighted by molar-refractivity contribution is 6.08. The first kappa shape index (κ1) is 22.9. The van der Waals surface area contributed by atoms with Crippen LogP contribution in [0.4, 0.5) is 5.69 Å². The summed E-state index contributed by atoms with van der Waals surface area (Å²) >= 11 is 0. The van der Waals surface area contributed by atoms with E-state index in [-0.39, 0.29) is 29.9 Å². The highest BCUT2D eigenvalue weighted by atomic mass is 16.5. The summed E-state index contributed by atoms with van der Waals surface area (Å²) in [5.74, 6) is 1.03. The number of amides is 1. The fourth-order valence-electron chi connectivity index (χ4n) is 5.30. The molecule has 0 bridgehead atoms. The Hall–Kier alpha value is -3.86. The van der Waals surface area contributed by atoms with Gasteiger partial charge in [0.05, 0.1) is 19.9 Å². The van der Waals surface area contributed by atoms with Gasteiger partial charge in [0.1, 0.15) is 11.5 Å². The molecule has 1 amide bonds. The fraction of sp³-hybridized carbons (Fsp3) is 0.267. The molecule has 3 aromatic carbocycles. The van der Waals surface area contributed by atoms with Gasteiger partial charge < -0.3 is 9.47 Å². The van der Waals surface area contributed by atoms with E-state index in [9.17, 15) is 9.59 Å². The number of rotatable bonds is 5. The molecule has 35 heavy (non-hydrogen) atoms. The number of benzene rings is 3. The van der Waals surface area contributed by atoms with Gasteiger partial charge in [-0.1, -0.05) is 60.2 Å². The Morgan fingerprint density at radius 2 is 1.43 bits per heavy atom. The zero-order valence-corrected chi connectivity index (χ0v) is 20.3. The molecule has 3 aromatic rings. The standard InChI is InChI=1S/C30H29NO4/c1-19-9-11-21(12-10-19)26-18-29(33)31(23-15-24(34-2)17-25(16-23)35-3)27-13-22(14-28(32)30(26)27)20-7-5-4-6-8-20/h4-12,15-17,22,26H,13-14,18H2,1-3H3. The lowest BCUT2D eigenvalue weighted by Crippen LogP contribution is -2.41. The maximum atomic E-state index is 13.7. The molecule has 2 aliphatic rings. The minimum atomic E-state index is -0.244. The SMILES string of the molecule is COc1cc(OC)cc(N2C(=O)CC(c3ccc(C)cc3)C3=C2CC(c2ccccc2)CC3=O)c1. The molecule has 2 unspecified atom stereocenters. The van der Waals surface area contributed by atoms with Crippen LogP contribution in [0.1, 0.15) is 47.8 Å². The lowest BCUT2D eigenvalue weighted by molar-refractivity contribution is -0.120. The van der Waals surface area contributed by atoms with Gasteiger partial charge in [-0.05, 0) is 30.4 Å². The second-order valence-corrected chi connectivity index (χ2v) is 9.27. The second-order valence-electron chi connectivity index (χ2n) is 9.27. The molecule has 0 fully saturated rings. The Balaban J connectivity index is 1.67. The van der Waals surface area contributed by atoms with Gasteiger partial charge in [-0.3, -0.25) is 14.5 Å². The van der Waals surface area contributed by atoms with Crippen LogP contribution in [-0.2, 0) is 9.59 Å². The van der Waals surface area contributed by atoms with Gasteiger partial charge in [-0.15, -0.1) is 0 Å². The molecule has 1 aliphatic carbocycles. The van der Waals surface area contributed by atoms with Crippen molar-refractivity contribution in [3.05, 3.63) is 101 Å². The fourth-order valence-corrected chi connectivity index (χ4v) is 5.30. The first-order valence-corrected chi connectivity index (χ1v) is 11.9.